The van der Waals surface area contributed by atoms with Crippen LogP contribution in [0, 0.1) is 6.92 Å². The largest absolute Gasteiger partial charge is 0.497 e. The molecule has 3 nitrogen and oxygen atoms in total. The van der Waals surface area contributed by atoms with E-state index in [4.69, 9.17) is 9.47 Å². The van der Waals surface area contributed by atoms with Crippen molar-refractivity contribution in [2.45, 2.75) is 13.0 Å². The predicted molar refractivity (Wildman–Crippen MR) is 55.0 cm³/mol. The van der Waals surface area contributed by atoms with E-state index in [1.165, 1.54) is 0 Å². The van der Waals surface area contributed by atoms with E-state index in [1.807, 2.05) is 25.1 Å². The summed E-state index contributed by atoms with van der Waals surface area (Å²) in [6.07, 6.45) is 0.335. The van der Waals surface area contributed by atoms with Gasteiger partial charge >= 0.3 is 0 Å². The number of aryl methyl sites for hydroxylation is 1. The summed E-state index contributed by atoms with van der Waals surface area (Å²) in [6, 6.07) is 5.88. The Hall–Kier alpha value is -1.22. The Kier molecular flexibility index (Phi) is 2.59. The zero-order valence-corrected chi connectivity index (χ0v) is 8.54. The van der Waals surface area contributed by atoms with Crippen LogP contribution in [0.3, 0.4) is 0 Å². The Morgan fingerprint density at radius 3 is 2.64 bits per heavy atom. The van der Waals surface area contributed by atoms with Crippen molar-refractivity contribution in [1.29, 1.82) is 0 Å². The van der Waals surface area contributed by atoms with E-state index in [1.54, 1.807) is 7.11 Å². The molecule has 1 N–H and O–H groups in total. The van der Waals surface area contributed by atoms with Gasteiger partial charge in [-0.05, 0) is 30.7 Å². The topological polar surface area (TPSA) is 30.5 Å². The van der Waals surface area contributed by atoms with E-state index >= 15 is 0 Å². The van der Waals surface area contributed by atoms with Gasteiger partial charge in [0.05, 0.1) is 7.11 Å². The van der Waals surface area contributed by atoms with Gasteiger partial charge in [-0.3, -0.25) is 0 Å². The van der Waals surface area contributed by atoms with Crippen molar-refractivity contribution in [2.24, 2.45) is 0 Å². The smallest absolute Gasteiger partial charge is 0.123 e. The average Bonchev–Trinajstić information content (AvgIpc) is 2.13. The van der Waals surface area contributed by atoms with Gasteiger partial charge in [0.1, 0.15) is 17.6 Å². The average molecular weight is 193 g/mol. The highest BCUT2D eigenvalue weighted by molar-refractivity contribution is 5.39. The van der Waals surface area contributed by atoms with Crippen molar-refractivity contribution in [1.82, 2.24) is 5.32 Å². The summed E-state index contributed by atoms with van der Waals surface area (Å²) in [5.41, 5.74) is 1.12. The van der Waals surface area contributed by atoms with Crippen molar-refractivity contribution in [3.8, 4) is 11.5 Å². The first kappa shape index (κ1) is 9.34. The molecule has 1 aromatic rings. The summed E-state index contributed by atoms with van der Waals surface area (Å²) in [5, 5.41) is 3.17. The molecule has 0 aromatic heterocycles. The van der Waals surface area contributed by atoms with Gasteiger partial charge in [-0.25, -0.2) is 0 Å². The van der Waals surface area contributed by atoms with Gasteiger partial charge in [0.15, 0.2) is 0 Å². The number of nitrogens with one attached hydrogen (secondary N) is 1. The molecule has 3 heteroatoms. The number of benzene rings is 1. The molecule has 0 amide bonds. The van der Waals surface area contributed by atoms with Gasteiger partial charge in [0.2, 0.25) is 0 Å². The minimum absolute atomic E-state index is 0.335. The van der Waals surface area contributed by atoms with Crippen LogP contribution in [0.25, 0.3) is 0 Å². The molecule has 0 unspecified atom stereocenters. The van der Waals surface area contributed by atoms with Gasteiger partial charge in [0.25, 0.3) is 0 Å². The summed E-state index contributed by atoms with van der Waals surface area (Å²) in [5.74, 6) is 1.83. The summed E-state index contributed by atoms with van der Waals surface area (Å²) in [4.78, 5) is 0. The maximum absolute atomic E-state index is 5.76. The molecule has 76 valence electrons. The summed E-state index contributed by atoms with van der Waals surface area (Å²) >= 11 is 0. The number of hydrogen-bond acceptors (Lipinski definition) is 3. The van der Waals surface area contributed by atoms with Crippen molar-refractivity contribution in [3.05, 3.63) is 23.8 Å². The summed E-state index contributed by atoms with van der Waals surface area (Å²) in [6.45, 7) is 3.93. The van der Waals surface area contributed by atoms with Crippen LogP contribution in [0.2, 0.25) is 0 Å². The monoisotopic (exact) mass is 193 g/mol. The molecule has 1 aromatic carbocycles. The molecule has 1 aliphatic rings. The highest BCUT2D eigenvalue weighted by atomic mass is 16.5. The second-order valence-corrected chi connectivity index (χ2v) is 3.53. The molecule has 0 spiro atoms. The fourth-order valence-electron chi connectivity index (χ4n) is 1.41. The van der Waals surface area contributed by atoms with Crippen molar-refractivity contribution < 1.29 is 9.47 Å². The van der Waals surface area contributed by atoms with Crippen LogP contribution in [0.15, 0.2) is 18.2 Å². The van der Waals surface area contributed by atoms with Crippen molar-refractivity contribution in [3.63, 3.8) is 0 Å². The summed E-state index contributed by atoms with van der Waals surface area (Å²) < 4.78 is 10.9. The third-order valence-electron chi connectivity index (χ3n) is 2.42. The van der Waals surface area contributed by atoms with Crippen LogP contribution in [0.5, 0.6) is 11.5 Å². The van der Waals surface area contributed by atoms with Gasteiger partial charge in [-0.1, -0.05) is 0 Å². The first-order valence-electron chi connectivity index (χ1n) is 4.81. The fraction of sp³-hybridized carbons (Fsp3) is 0.455. The highest BCUT2D eigenvalue weighted by Gasteiger charge is 2.18. The van der Waals surface area contributed by atoms with Crippen LogP contribution < -0.4 is 14.8 Å². The Labute approximate surface area is 84.0 Å². The lowest BCUT2D eigenvalue weighted by atomic mass is 10.2. The van der Waals surface area contributed by atoms with Gasteiger partial charge < -0.3 is 14.8 Å². The van der Waals surface area contributed by atoms with Crippen LogP contribution in [-0.4, -0.2) is 26.3 Å². The maximum atomic E-state index is 5.76. The molecule has 0 saturated carbocycles. The highest BCUT2D eigenvalue weighted by Crippen LogP contribution is 2.24. The third kappa shape index (κ3) is 1.82. The molecule has 0 aliphatic carbocycles. The van der Waals surface area contributed by atoms with E-state index in [0.717, 1.165) is 30.2 Å². The lowest BCUT2D eigenvalue weighted by Crippen LogP contribution is -2.50. The van der Waals surface area contributed by atoms with E-state index in [9.17, 15) is 0 Å². The van der Waals surface area contributed by atoms with Gasteiger partial charge in [-0.2, -0.15) is 0 Å². The van der Waals surface area contributed by atoms with Crippen molar-refractivity contribution >= 4 is 0 Å². The van der Waals surface area contributed by atoms with Crippen molar-refractivity contribution in [2.75, 3.05) is 20.2 Å². The molecule has 1 heterocycles. The first-order chi connectivity index (χ1) is 6.79. The Morgan fingerprint density at radius 2 is 2.14 bits per heavy atom. The van der Waals surface area contributed by atoms with Crippen LogP contribution in [0.4, 0.5) is 0 Å². The van der Waals surface area contributed by atoms with Gasteiger partial charge in [0, 0.05) is 13.1 Å². The number of methoxy groups -OCH3 is 1. The van der Waals surface area contributed by atoms with E-state index in [0.29, 0.717) is 6.10 Å². The first-order valence-corrected chi connectivity index (χ1v) is 4.81. The Balaban J connectivity index is 2.09. The molecule has 1 fully saturated rings. The lowest BCUT2D eigenvalue weighted by molar-refractivity contribution is 0.141. The number of hydrogen-bond donors (Lipinski definition) is 1. The Bertz CT molecular complexity index is 321. The van der Waals surface area contributed by atoms with Crippen LogP contribution in [0.1, 0.15) is 5.56 Å². The normalized spacial score (nSPS) is 16.1. The second kappa shape index (κ2) is 3.88. The Morgan fingerprint density at radius 1 is 1.36 bits per heavy atom. The molecule has 14 heavy (non-hydrogen) atoms. The predicted octanol–water partition coefficient (Wildman–Crippen LogP) is 1.35. The maximum Gasteiger partial charge on any atom is 0.123 e. The minimum Gasteiger partial charge on any atom is -0.497 e. The van der Waals surface area contributed by atoms with Crippen LogP contribution >= 0.6 is 0 Å². The SMILES string of the molecule is COc1ccc(OC2CNC2)c(C)c1. The van der Waals surface area contributed by atoms with E-state index < -0.39 is 0 Å². The zero-order valence-electron chi connectivity index (χ0n) is 8.54. The molecular weight excluding hydrogens is 178 g/mol. The van der Waals surface area contributed by atoms with Crippen LogP contribution in [-0.2, 0) is 0 Å². The summed E-state index contributed by atoms with van der Waals surface area (Å²) in [7, 11) is 1.67. The molecule has 2 rings (SSSR count). The lowest BCUT2D eigenvalue weighted by Gasteiger charge is -2.28. The van der Waals surface area contributed by atoms with E-state index in [2.05, 4.69) is 5.32 Å². The standard InChI is InChI=1S/C11H15NO2/c1-8-5-9(13-2)3-4-11(8)14-10-6-12-7-10/h3-5,10,12H,6-7H2,1-2H3. The molecule has 1 aliphatic heterocycles. The fourth-order valence-corrected chi connectivity index (χ4v) is 1.41. The molecule has 0 bridgehead atoms. The zero-order chi connectivity index (χ0) is 9.97. The number of rotatable bonds is 3. The third-order valence-corrected chi connectivity index (χ3v) is 2.42. The minimum atomic E-state index is 0.335. The molecule has 1 saturated heterocycles. The second-order valence-electron chi connectivity index (χ2n) is 3.53. The molecule has 0 radical (unpaired) electrons. The molecular formula is C11H15NO2. The molecule has 0 atom stereocenters. The van der Waals surface area contributed by atoms with E-state index in [-0.39, 0.29) is 0 Å². The van der Waals surface area contributed by atoms with Gasteiger partial charge in [-0.15, -0.1) is 0 Å². The quantitative estimate of drug-likeness (QED) is 0.786. The number of ether oxygens (including phenoxy) is 2.